The quantitative estimate of drug-likeness (QED) is 0.848. The molecule has 1 aromatic rings. The summed E-state index contributed by atoms with van der Waals surface area (Å²) in [7, 11) is 1.35. The van der Waals surface area contributed by atoms with E-state index < -0.39 is 6.09 Å². The van der Waals surface area contributed by atoms with Crippen LogP contribution < -0.4 is 10.6 Å². The molecular formula is C13H20N2O2. The van der Waals surface area contributed by atoms with Crippen molar-refractivity contribution < 1.29 is 9.53 Å². The molecule has 94 valence electrons. The molecule has 0 bridgehead atoms. The first-order valence-corrected chi connectivity index (χ1v) is 5.60. The van der Waals surface area contributed by atoms with Crippen LogP contribution in [0.3, 0.4) is 0 Å². The Hall–Kier alpha value is -1.55. The predicted molar refractivity (Wildman–Crippen MR) is 69.1 cm³/mol. The summed E-state index contributed by atoms with van der Waals surface area (Å²) in [5, 5.41) is 6.07. The van der Waals surface area contributed by atoms with E-state index in [1.807, 2.05) is 24.3 Å². The van der Waals surface area contributed by atoms with E-state index in [0.29, 0.717) is 6.54 Å². The maximum absolute atomic E-state index is 11.2. The number of methoxy groups -OCH3 is 1. The van der Waals surface area contributed by atoms with Gasteiger partial charge in [-0.05, 0) is 32.4 Å². The molecule has 0 spiro atoms. The number of carbonyl (C=O) groups is 1. The lowest BCUT2D eigenvalue weighted by Crippen LogP contribution is -2.35. The highest BCUT2D eigenvalue weighted by Gasteiger charge is 2.11. The van der Waals surface area contributed by atoms with Crippen molar-refractivity contribution in [3.8, 4) is 0 Å². The summed E-state index contributed by atoms with van der Waals surface area (Å²) < 4.78 is 4.58. The molecule has 0 aliphatic heterocycles. The number of para-hydroxylation sites is 1. The van der Waals surface area contributed by atoms with Gasteiger partial charge in [-0.1, -0.05) is 18.2 Å². The van der Waals surface area contributed by atoms with Gasteiger partial charge in [0.2, 0.25) is 0 Å². The van der Waals surface area contributed by atoms with Crippen LogP contribution in [0.4, 0.5) is 10.5 Å². The van der Waals surface area contributed by atoms with Gasteiger partial charge in [-0.25, -0.2) is 4.79 Å². The molecule has 0 saturated carbocycles. The lowest BCUT2D eigenvalue weighted by Gasteiger charge is -2.21. The Labute approximate surface area is 102 Å². The van der Waals surface area contributed by atoms with E-state index in [1.165, 1.54) is 7.11 Å². The molecule has 1 aromatic carbocycles. The number of amides is 1. The number of ether oxygens (including phenoxy) is 1. The maximum Gasteiger partial charge on any atom is 0.411 e. The van der Waals surface area contributed by atoms with Crippen LogP contribution in [0.2, 0.25) is 0 Å². The molecule has 1 amide bonds. The molecule has 0 aromatic heterocycles. The monoisotopic (exact) mass is 236 g/mol. The standard InChI is InChI=1S/C13H20N2O2/c1-13(2,3)14-9-10-7-5-6-8-11(10)15-12(16)17-4/h5-8,14H,9H2,1-4H3,(H,15,16). The normalized spacial score (nSPS) is 11.1. The number of rotatable bonds is 3. The predicted octanol–water partition coefficient (Wildman–Crippen LogP) is 2.75. The molecule has 0 aliphatic carbocycles. The molecular weight excluding hydrogens is 216 g/mol. The molecule has 0 atom stereocenters. The van der Waals surface area contributed by atoms with Crippen molar-refractivity contribution in [1.82, 2.24) is 5.32 Å². The molecule has 0 fully saturated rings. The molecule has 2 N–H and O–H groups in total. The summed E-state index contributed by atoms with van der Waals surface area (Å²) in [6.07, 6.45) is -0.451. The van der Waals surface area contributed by atoms with Gasteiger partial charge in [-0.2, -0.15) is 0 Å². The third-order valence-electron chi connectivity index (χ3n) is 2.25. The van der Waals surface area contributed by atoms with E-state index in [4.69, 9.17) is 0 Å². The van der Waals surface area contributed by atoms with Crippen LogP contribution in [0.15, 0.2) is 24.3 Å². The molecule has 0 saturated heterocycles. The van der Waals surface area contributed by atoms with Crippen LogP contribution in [-0.2, 0) is 11.3 Å². The zero-order valence-electron chi connectivity index (χ0n) is 10.8. The van der Waals surface area contributed by atoms with E-state index in [2.05, 4.69) is 36.1 Å². The van der Waals surface area contributed by atoms with Crippen molar-refractivity contribution >= 4 is 11.8 Å². The Bertz CT molecular complexity index is 383. The summed E-state index contributed by atoms with van der Waals surface area (Å²) >= 11 is 0. The Balaban J connectivity index is 2.74. The number of hydrogen-bond donors (Lipinski definition) is 2. The summed E-state index contributed by atoms with van der Waals surface area (Å²) in [5.74, 6) is 0. The van der Waals surface area contributed by atoms with Crippen molar-refractivity contribution in [2.45, 2.75) is 32.9 Å². The number of carbonyl (C=O) groups excluding carboxylic acids is 1. The fourth-order valence-corrected chi connectivity index (χ4v) is 1.32. The van der Waals surface area contributed by atoms with E-state index in [9.17, 15) is 4.79 Å². The number of benzene rings is 1. The highest BCUT2D eigenvalue weighted by atomic mass is 16.5. The molecule has 17 heavy (non-hydrogen) atoms. The van der Waals surface area contributed by atoms with Crippen molar-refractivity contribution in [1.29, 1.82) is 0 Å². The minimum atomic E-state index is -0.451. The Morgan fingerprint density at radius 2 is 1.94 bits per heavy atom. The fourth-order valence-electron chi connectivity index (χ4n) is 1.32. The minimum Gasteiger partial charge on any atom is -0.453 e. The first kappa shape index (κ1) is 13.5. The van der Waals surface area contributed by atoms with E-state index >= 15 is 0 Å². The van der Waals surface area contributed by atoms with Gasteiger partial charge in [-0.3, -0.25) is 5.32 Å². The number of anilines is 1. The summed E-state index contributed by atoms with van der Waals surface area (Å²) in [6, 6.07) is 7.66. The molecule has 1 rings (SSSR count). The summed E-state index contributed by atoms with van der Waals surface area (Å²) in [4.78, 5) is 11.2. The average molecular weight is 236 g/mol. The smallest absolute Gasteiger partial charge is 0.411 e. The zero-order chi connectivity index (χ0) is 12.9. The SMILES string of the molecule is COC(=O)Nc1ccccc1CNC(C)(C)C. The van der Waals surface area contributed by atoms with Crippen molar-refractivity contribution in [3.63, 3.8) is 0 Å². The second kappa shape index (κ2) is 5.68. The topological polar surface area (TPSA) is 50.4 Å². The Morgan fingerprint density at radius 3 is 2.53 bits per heavy atom. The molecule has 0 unspecified atom stereocenters. The van der Waals surface area contributed by atoms with Crippen LogP contribution in [0.1, 0.15) is 26.3 Å². The second-order valence-electron chi connectivity index (χ2n) is 4.88. The van der Waals surface area contributed by atoms with Gasteiger partial charge in [-0.15, -0.1) is 0 Å². The van der Waals surface area contributed by atoms with Gasteiger partial charge in [0.05, 0.1) is 7.11 Å². The molecule has 0 radical (unpaired) electrons. The first-order valence-electron chi connectivity index (χ1n) is 5.60. The van der Waals surface area contributed by atoms with Crippen molar-refractivity contribution in [2.24, 2.45) is 0 Å². The van der Waals surface area contributed by atoms with Gasteiger partial charge in [0.1, 0.15) is 0 Å². The Kier molecular flexibility index (Phi) is 4.52. The first-order chi connectivity index (χ1) is 7.92. The fraction of sp³-hybridized carbons (Fsp3) is 0.462. The minimum absolute atomic E-state index is 0.0401. The van der Waals surface area contributed by atoms with E-state index in [0.717, 1.165) is 11.3 Å². The number of nitrogens with one attached hydrogen (secondary N) is 2. The van der Waals surface area contributed by atoms with Gasteiger partial charge in [0.15, 0.2) is 0 Å². The molecule has 0 heterocycles. The number of hydrogen-bond acceptors (Lipinski definition) is 3. The van der Waals surface area contributed by atoms with Crippen LogP contribution in [0.5, 0.6) is 0 Å². The largest absolute Gasteiger partial charge is 0.453 e. The van der Waals surface area contributed by atoms with Gasteiger partial charge < -0.3 is 10.1 Å². The molecule has 0 aliphatic rings. The van der Waals surface area contributed by atoms with Crippen molar-refractivity contribution in [3.05, 3.63) is 29.8 Å². The van der Waals surface area contributed by atoms with Crippen LogP contribution >= 0.6 is 0 Å². The van der Waals surface area contributed by atoms with Crippen LogP contribution in [-0.4, -0.2) is 18.7 Å². The third-order valence-corrected chi connectivity index (χ3v) is 2.25. The van der Waals surface area contributed by atoms with Crippen LogP contribution in [0.25, 0.3) is 0 Å². The molecule has 4 heteroatoms. The lowest BCUT2D eigenvalue weighted by atomic mass is 10.1. The summed E-state index contributed by atoms with van der Waals surface area (Å²) in [5.41, 5.74) is 1.85. The van der Waals surface area contributed by atoms with Gasteiger partial charge >= 0.3 is 6.09 Å². The summed E-state index contributed by atoms with van der Waals surface area (Å²) in [6.45, 7) is 7.00. The average Bonchev–Trinajstić information content (AvgIpc) is 2.26. The second-order valence-corrected chi connectivity index (χ2v) is 4.88. The maximum atomic E-state index is 11.2. The molecule has 4 nitrogen and oxygen atoms in total. The lowest BCUT2D eigenvalue weighted by molar-refractivity contribution is 0.187. The van der Waals surface area contributed by atoms with Crippen LogP contribution in [0, 0.1) is 0 Å². The van der Waals surface area contributed by atoms with Gasteiger partial charge in [0.25, 0.3) is 0 Å². The zero-order valence-corrected chi connectivity index (χ0v) is 10.8. The highest BCUT2D eigenvalue weighted by Crippen LogP contribution is 2.16. The third kappa shape index (κ3) is 4.87. The van der Waals surface area contributed by atoms with E-state index in [-0.39, 0.29) is 5.54 Å². The highest BCUT2D eigenvalue weighted by molar-refractivity contribution is 5.85. The van der Waals surface area contributed by atoms with Gasteiger partial charge in [0, 0.05) is 17.8 Å². The van der Waals surface area contributed by atoms with Crippen molar-refractivity contribution in [2.75, 3.05) is 12.4 Å². The van der Waals surface area contributed by atoms with E-state index in [1.54, 1.807) is 0 Å². The Morgan fingerprint density at radius 1 is 1.29 bits per heavy atom.